The van der Waals surface area contributed by atoms with Crippen molar-refractivity contribution in [3.63, 3.8) is 0 Å². The third-order valence-corrected chi connectivity index (χ3v) is 3.12. The molecule has 4 heteroatoms. The minimum absolute atomic E-state index is 0.196. The Kier molecular flexibility index (Phi) is 4.14. The SMILES string of the molecule is CNCc1cc(O)ccc1C1=CCC(O)C=C1C=O. The fourth-order valence-electron chi connectivity index (χ4n) is 2.27. The van der Waals surface area contributed by atoms with Crippen LogP contribution >= 0.6 is 0 Å². The molecule has 1 atom stereocenters. The Labute approximate surface area is 112 Å². The van der Waals surface area contributed by atoms with E-state index >= 15 is 0 Å². The molecule has 0 aliphatic heterocycles. The van der Waals surface area contributed by atoms with Gasteiger partial charge in [-0.1, -0.05) is 12.1 Å². The number of aromatic hydroxyl groups is 1. The van der Waals surface area contributed by atoms with Crippen LogP contribution in [0.25, 0.3) is 5.57 Å². The van der Waals surface area contributed by atoms with Crippen molar-refractivity contribution in [2.75, 3.05) is 7.05 Å². The van der Waals surface area contributed by atoms with Gasteiger partial charge in [-0.15, -0.1) is 0 Å². The Bertz CT molecular complexity index is 546. The minimum Gasteiger partial charge on any atom is -0.508 e. The highest BCUT2D eigenvalue weighted by atomic mass is 16.3. The lowest BCUT2D eigenvalue weighted by Crippen LogP contribution is -2.12. The van der Waals surface area contributed by atoms with Crippen LogP contribution in [-0.2, 0) is 11.3 Å². The van der Waals surface area contributed by atoms with E-state index in [4.69, 9.17) is 0 Å². The van der Waals surface area contributed by atoms with Gasteiger partial charge >= 0.3 is 0 Å². The van der Waals surface area contributed by atoms with Crippen LogP contribution in [-0.4, -0.2) is 29.7 Å². The van der Waals surface area contributed by atoms with Gasteiger partial charge in [0.15, 0.2) is 0 Å². The highest BCUT2D eigenvalue weighted by Crippen LogP contribution is 2.31. The van der Waals surface area contributed by atoms with E-state index in [0.717, 1.165) is 23.0 Å². The lowest BCUT2D eigenvalue weighted by atomic mass is 9.89. The van der Waals surface area contributed by atoms with Gasteiger partial charge in [-0.2, -0.15) is 0 Å². The first-order chi connectivity index (χ1) is 9.15. The molecule has 100 valence electrons. The molecule has 0 saturated heterocycles. The Hall–Kier alpha value is -1.91. The third-order valence-electron chi connectivity index (χ3n) is 3.12. The molecule has 0 saturated carbocycles. The van der Waals surface area contributed by atoms with Crippen molar-refractivity contribution in [2.24, 2.45) is 0 Å². The second-order valence-corrected chi connectivity index (χ2v) is 4.53. The number of carbonyl (C=O) groups excluding carboxylic acids is 1. The van der Waals surface area contributed by atoms with Crippen LogP contribution in [0.5, 0.6) is 5.75 Å². The molecule has 0 aromatic heterocycles. The molecule has 1 aromatic rings. The quantitative estimate of drug-likeness (QED) is 0.715. The zero-order valence-electron chi connectivity index (χ0n) is 10.8. The smallest absolute Gasteiger partial charge is 0.150 e. The van der Waals surface area contributed by atoms with Crippen molar-refractivity contribution >= 4 is 11.9 Å². The number of phenolic OH excluding ortho intramolecular Hbond substituents is 1. The molecule has 0 amide bonds. The van der Waals surface area contributed by atoms with E-state index in [0.29, 0.717) is 18.5 Å². The normalized spacial score (nSPS) is 18.7. The van der Waals surface area contributed by atoms with Crippen LogP contribution in [0.15, 0.2) is 35.9 Å². The second kappa shape index (κ2) is 5.82. The molecule has 0 fully saturated rings. The summed E-state index contributed by atoms with van der Waals surface area (Å²) in [6, 6.07) is 5.08. The van der Waals surface area contributed by atoms with E-state index in [1.807, 2.05) is 13.1 Å². The number of nitrogens with one attached hydrogen (secondary N) is 1. The summed E-state index contributed by atoms with van der Waals surface area (Å²) in [5, 5.41) is 22.2. The number of benzene rings is 1. The van der Waals surface area contributed by atoms with Crippen molar-refractivity contribution in [2.45, 2.75) is 19.1 Å². The van der Waals surface area contributed by atoms with E-state index in [1.54, 1.807) is 24.3 Å². The summed E-state index contributed by atoms with van der Waals surface area (Å²) in [6.07, 6.45) is 4.07. The molecule has 0 spiro atoms. The van der Waals surface area contributed by atoms with Gasteiger partial charge in [-0.25, -0.2) is 0 Å². The lowest BCUT2D eigenvalue weighted by molar-refractivity contribution is -0.104. The number of aldehydes is 1. The number of carbonyl (C=O) groups is 1. The van der Waals surface area contributed by atoms with Crippen LogP contribution < -0.4 is 5.32 Å². The Morgan fingerprint density at radius 2 is 2.26 bits per heavy atom. The van der Waals surface area contributed by atoms with Crippen molar-refractivity contribution in [1.29, 1.82) is 0 Å². The fourth-order valence-corrected chi connectivity index (χ4v) is 2.27. The maximum atomic E-state index is 11.1. The summed E-state index contributed by atoms with van der Waals surface area (Å²) >= 11 is 0. The van der Waals surface area contributed by atoms with Crippen LogP contribution in [0.4, 0.5) is 0 Å². The molecule has 0 heterocycles. The van der Waals surface area contributed by atoms with Gasteiger partial charge in [0.25, 0.3) is 0 Å². The van der Waals surface area contributed by atoms with Gasteiger partial charge in [0.1, 0.15) is 12.0 Å². The number of rotatable bonds is 4. The molecule has 0 radical (unpaired) electrons. The summed E-state index contributed by atoms with van der Waals surface area (Å²) < 4.78 is 0. The first-order valence-electron chi connectivity index (χ1n) is 6.18. The predicted molar refractivity (Wildman–Crippen MR) is 73.6 cm³/mol. The number of phenols is 1. The molecule has 1 unspecified atom stereocenters. The number of hydrogen-bond donors (Lipinski definition) is 3. The molecule has 4 nitrogen and oxygen atoms in total. The fraction of sp³-hybridized carbons (Fsp3) is 0.267. The average Bonchev–Trinajstić information content (AvgIpc) is 2.40. The molecule has 0 bridgehead atoms. The monoisotopic (exact) mass is 259 g/mol. The Morgan fingerprint density at radius 1 is 1.47 bits per heavy atom. The zero-order valence-corrected chi connectivity index (χ0v) is 10.8. The predicted octanol–water partition coefficient (Wildman–Crippen LogP) is 1.38. The van der Waals surface area contributed by atoms with Gasteiger partial charge < -0.3 is 15.5 Å². The minimum atomic E-state index is -0.603. The maximum Gasteiger partial charge on any atom is 0.150 e. The van der Waals surface area contributed by atoms with Crippen LogP contribution in [0.1, 0.15) is 17.5 Å². The molecule has 1 aromatic carbocycles. The van der Waals surface area contributed by atoms with Gasteiger partial charge in [-0.05, 0) is 48.4 Å². The summed E-state index contributed by atoms with van der Waals surface area (Å²) in [5.41, 5.74) is 3.11. The Balaban J connectivity index is 2.46. The Morgan fingerprint density at radius 3 is 2.95 bits per heavy atom. The van der Waals surface area contributed by atoms with E-state index < -0.39 is 6.10 Å². The van der Waals surface area contributed by atoms with Crippen LogP contribution in [0.3, 0.4) is 0 Å². The van der Waals surface area contributed by atoms with E-state index in [9.17, 15) is 15.0 Å². The average molecular weight is 259 g/mol. The summed E-state index contributed by atoms with van der Waals surface area (Å²) in [6.45, 7) is 0.593. The largest absolute Gasteiger partial charge is 0.508 e. The standard InChI is InChI=1S/C15H17NO3/c1-16-8-10-6-12(18)2-4-14(10)15-5-3-13(19)7-11(15)9-17/h2,4-7,9,13,16,18-19H,3,8H2,1H3. The number of allylic oxidation sites excluding steroid dienone is 2. The molecule has 2 rings (SSSR count). The molecule has 1 aliphatic rings. The summed E-state index contributed by atoms with van der Waals surface area (Å²) in [7, 11) is 1.82. The molecular weight excluding hydrogens is 242 g/mol. The van der Waals surface area contributed by atoms with E-state index in [-0.39, 0.29) is 5.75 Å². The summed E-state index contributed by atoms with van der Waals surface area (Å²) in [4.78, 5) is 11.1. The first kappa shape index (κ1) is 13.5. The molecule has 1 aliphatic carbocycles. The number of aliphatic hydroxyl groups excluding tert-OH is 1. The highest BCUT2D eigenvalue weighted by molar-refractivity contribution is 6.00. The number of aliphatic hydroxyl groups is 1. The maximum absolute atomic E-state index is 11.1. The van der Waals surface area contributed by atoms with E-state index in [2.05, 4.69) is 5.32 Å². The second-order valence-electron chi connectivity index (χ2n) is 4.53. The van der Waals surface area contributed by atoms with Gasteiger partial charge in [-0.3, -0.25) is 4.79 Å². The van der Waals surface area contributed by atoms with E-state index in [1.165, 1.54) is 0 Å². The highest BCUT2D eigenvalue weighted by Gasteiger charge is 2.17. The third kappa shape index (κ3) is 2.92. The van der Waals surface area contributed by atoms with Crippen molar-refractivity contribution in [3.8, 4) is 5.75 Å². The summed E-state index contributed by atoms with van der Waals surface area (Å²) in [5.74, 6) is 0.196. The lowest BCUT2D eigenvalue weighted by Gasteiger charge is -2.18. The molecular formula is C15H17NO3. The molecule has 3 N–H and O–H groups in total. The van der Waals surface area contributed by atoms with Crippen molar-refractivity contribution in [1.82, 2.24) is 5.32 Å². The molecule has 19 heavy (non-hydrogen) atoms. The van der Waals surface area contributed by atoms with Crippen molar-refractivity contribution < 1.29 is 15.0 Å². The first-order valence-corrected chi connectivity index (χ1v) is 6.18. The number of hydrogen-bond acceptors (Lipinski definition) is 4. The van der Waals surface area contributed by atoms with Crippen LogP contribution in [0.2, 0.25) is 0 Å². The topological polar surface area (TPSA) is 69.6 Å². The van der Waals surface area contributed by atoms with Crippen LogP contribution in [0, 0.1) is 0 Å². The van der Waals surface area contributed by atoms with Gasteiger partial charge in [0.2, 0.25) is 0 Å². The van der Waals surface area contributed by atoms with Crippen molar-refractivity contribution in [3.05, 3.63) is 47.1 Å². The van der Waals surface area contributed by atoms with Gasteiger partial charge in [0.05, 0.1) is 6.10 Å². The zero-order chi connectivity index (χ0) is 13.8. The van der Waals surface area contributed by atoms with Gasteiger partial charge in [0, 0.05) is 12.1 Å².